The molecule has 0 fully saturated rings. The van der Waals surface area contributed by atoms with Crippen LogP contribution in [-0.4, -0.2) is 51.4 Å². The first kappa shape index (κ1) is 15.5. The van der Waals surface area contributed by atoms with Crippen molar-refractivity contribution in [2.24, 2.45) is 0 Å². The summed E-state index contributed by atoms with van der Waals surface area (Å²) in [6, 6.07) is 0. The van der Waals surface area contributed by atoms with Gasteiger partial charge in [-0.15, -0.1) is 5.10 Å². The molecule has 0 saturated heterocycles. The largest absolute Gasteiger partial charge is 0.353 e. The van der Waals surface area contributed by atoms with Gasteiger partial charge >= 0.3 is 0 Å². The summed E-state index contributed by atoms with van der Waals surface area (Å²) in [7, 11) is -4.08. The second-order valence-corrected chi connectivity index (χ2v) is 6.62. The minimum Gasteiger partial charge on any atom is -0.353 e. The number of hydrogen-bond acceptors (Lipinski definition) is 6. The molecule has 1 aromatic heterocycles. The van der Waals surface area contributed by atoms with Gasteiger partial charge in [0.25, 0.3) is 10.1 Å². The Morgan fingerprint density at radius 1 is 1.42 bits per heavy atom. The summed E-state index contributed by atoms with van der Waals surface area (Å²) in [6.07, 6.45) is 0. The number of rotatable bonds is 5. The van der Waals surface area contributed by atoms with Crippen molar-refractivity contribution < 1.29 is 17.8 Å². The average Bonchev–Trinajstić information content (AvgIpc) is 2.62. The van der Waals surface area contributed by atoms with Gasteiger partial charge in [0.1, 0.15) is 6.54 Å². The quantitative estimate of drug-likeness (QED) is 0.664. The predicted octanol–water partition coefficient (Wildman–Crippen LogP) is -1.03. The van der Waals surface area contributed by atoms with Gasteiger partial charge in [-0.3, -0.25) is 9.35 Å². The van der Waals surface area contributed by atoms with Gasteiger partial charge in [-0.05, 0) is 10.4 Å². The Labute approximate surface area is 111 Å². The highest BCUT2D eigenvalue weighted by atomic mass is 32.2. The zero-order chi connectivity index (χ0) is 14.7. The van der Waals surface area contributed by atoms with Crippen molar-refractivity contribution in [2.45, 2.75) is 32.7 Å². The molecule has 0 aromatic carbocycles. The molecule has 2 N–H and O–H groups in total. The van der Waals surface area contributed by atoms with E-state index in [4.69, 9.17) is 4.55 Å². The highest BCUT2D eigenvalue weighted by Crippen LogP contribution is 2.18. The summed E-state index contributed by atoms with van der Waals surface area (Å²) < 4.78 is 30.8. The Morgan fingerprint density at radius 2 is 2.05 bits per heavy atom. The first-order valence-electron chi connectivity index (χ1n) is 5.58. The van der Waals surface area contributed by atoms with Gasteiger partial charge in [-0.2, -0.15) is 8.42 Å². The van der Waals surface area contributed by atoms with Gasteiger partial charge in [0.15, 0.2) is 5.82 Å². The summed E-state index contributed by atoms with van der Waals surface area (Å²) >= 11 is 0. The van der Waals surface area contributed by atoms with Gasteiger partial charge in [0.05, 0.1) is 5.75 Å². The second kappa shape index (κ2) is 5.61. The maximum Gasteiger partial charge on any atom is 0.266 e. The third-order valence-electron chi connectivity index (χ3n) is 2.18. The molecular formula is C9H17N5O4S. The Hall–Kier alpha value is -1.55. The molecule has 0 spiro atoms. The molecule has 0 bridgehead atoms. The minimum atomic E-state index is -4.08. The van der Waals surface area contributed by atoms with Crippen LogP contribution in [0, 0.1) is 0 Å². The normalized spacial score (nSPS) is 12.4. The minimum absolute atomic E-state index is 0.106. The van der Waals surface area contributed by atoms with E-state index in [1.807, 2.05) is 20.8 Å². The number of tetrazole rings is 1. The zero-order valence-corrected chi connectivity index (χ0v) is 11.8. The van der Waals surface area contributed by atoms with Crippen LogP contribution >= 0.6 is 0 Å². The molecule has 0 aliphatic rings. The monoisotopic (exact) mass is 291 g/mol. The maximum atomic E-state index is 11.6. The molecule has 0 saturated carbocycles. The van der Waals surface area contributed by atoms with E-state index in [1.54, 1.807) is 0 Å². The maximum absolute atomic E-state index is 11.6. The number of hydrogen-bond donors (Lipinski definition) is 2. The Bertz CT molecular complexity index is 545. The lowest BCUT2D eigenvalue weighted by molar-refractivity contribution is -0.121. The molecule has 0 aliphatic carbocycles. The highest BCUT2D eigenvalue weighted by Gasteiger charge is 2.22. The smallest absolute Gasteiger partial charge is 0.266 e. The van der Waals surface area contributed by atoms with Gasteiger partial charge in [-0.25, -0.2) is 4.68 Å². The van der Waals surface area contributed by atoms with E-state index in [1.165, 1.54) is 4.68 Å². The van der Waals surface area contributed by atoms with Crippen LogP contribution in [0.15, 0.2) is 0 Å². The summed E-state index contributed by atoms with van der Waals surface area (Å²) in [5, 5.41) is 13.4. The van der Waals surface area contributed by atoms with E-state index >= 15 is 0 Å². The molecular weight excluding hydrogens is 274 g/mol. The molecule has 1 amide bonds. The van der Waals surface area contributed by atoms with E-state index in [9.17, 15) is 13.2 Å². The first-order chi connectivity index (χ1) is 8.59. The zero-order valence-electron chi connectivity index (χ0n) is 11.0. The molecule has 10 heteroatoms. The number of amides is 1. The number of nitrogens with one attached hydrogen (secondary N) is 1. The van der Waals surface area contributed by atoms with Crippen LogP contribution in [0.5, 0.6) is 0 Å². The molecule has 108 valence electrons. The van der Waals surface area contributed by atoms with Crippen LogP contribution < -0.4 is 5.32 Å². The molecule has 1 aromatic rings. The van der Waals surface area contributed by atoms with Crippen LogP contribution in [0.25, 0.3) is 0 Å². The lowest BCUT2D eigenvalue weighted by Crippen LogP contribution is -2.33. The number of carbonyl (C=O) groups is 1. The van der Waals surface area contributed by atoms with Crippen molar-refractivity contribution in [3.63, 3.8) is 0 Å². The summed E-state index contributed by atoms with van der Waals surface area (Å²) in [4.78, 5) is 11.6. The lowest BCUT2D eigenvalue weighted by atomic mass is 9.96. The topological polar surface area (TPSA) is 127 Å². The standard InChI is InChI=1S/C9H17N5O4S/c1-9(2,3)8-11-12-13-14(8)6-7(15)10-4-5-19(16,17)18/h4-6H2,1-3H3,(H,10,15)(H,16,17,18). The van der Waals surface area contributed by atoms with Crippen molar-refractivity contribution >= 4 is 16.0 Å². The molecule has 0 atom stereocenters. The Balaban J connectivity index is 2.56. The number of aromatic nitrogens is 4. The first-order valence-corrected chi connectivity index (χ1v) is 7.19. The van der Waals surface area contributed by atoms with Crippen molar-refractivity contribution in [2.75, 3.05) is 12.3 Å². The van der Waals surface area contributed by atoms with Crippen LogP contribution in [0.2, 0.25) is 0 Å². The summed E-state index contributed by atoms with van der Waals surface area (Å²) in [6.45, 7) is 5.46. The lowest BCUT2D eigenvalue weighted by Gasteiger charge is -2.16. The van der Waals surface area contributed by atoms with Crippen LogP contribution in [0.3, 0.4) is 0 Å². The third-order valence-corrected chi connectivity index (χ3v) is 2.90. The Kier molecular flexibility index (Phi) is 4.58. The SMILES string of the molecule is CC(C)(C)c1nnnn1CC(=O)NCCS(=O)(=O)O. The molecule has 1 rings (SSSR count). The van der Waals surface area contributed by atoms with Gasteiger partial charge < -0.3 is 5.32 Å². The highest BCUT2D eigenvalue weighted by molar-refractivity contribution is 7.85. The molecule has 0 aliphatic heterocycles. The molecule has 19 heavy (non-hydrogen) atoms. The summed E-state index contributed by atoms with van der Waals surface area (Å²) in [5.74, 6) is -0.403. The predicted molar refractivity (Wildman–Crippen MR) is 65.9 cm³/mol. The molecule has 9 nitrogen and oxygen atoms in total. The van der Waals surface area contributed by atoms with E-state index < -0.39 is 21.8 Å². The van der Waals surface area contributed by atoms with E-state index in [2.05, 4.69) is 20.8 Å². The van der Waals surface area contributed by atoms with Crippen molar-refractivity contribution in [3.8, 4) is 0 Å². The fourth-order valence-electron chi connectivity index (χ4n) is 1.36. The second-order valence-electron chi connectivity index (χ2n) is 5.05. The van der Waals surface area contributed by atoms with Crippen molar-refractivity contribution in [1.29, 1.82) is 0 Å². The van der Waals surface area contributed by atoms with Crippen molar-refractivity contribution in [3.05, 3.63) is 5.82 Å². The third kappa shape index (κ3) is 5.30. The van der Waals surface area contributed by atoms with Crippen LogP contribution in [-0.2, 0) is 26.9 Å². The van der Waals surface area contributed by atoms with Crippen LogP contribution in [0.1, 0.15) is 26.6 Å². The van der Waals surface area contributed by atoms with E-state index in [-0.39, 0.29) is 18.5 Å². The van der Waals surface area contributed by atoms with Gasteiger partial charge in [0, 0.05) is 12.0 Å². The number of nitrogens with zero attached hydrogens (tertiary/aromatic N) is 4. The molecule has 0 unspecified atom stereocenters. The molecule has 1 heterocycles. The fraction of sp³-hybridized carbons (Fsp3) is 0.778. The average molecular weight is 291 g/mol. The van der Waals surface area contributed by atoms with Gasteiger partial charge in [0.2, 0.25) is 5.91 Å². The Morgan fingerprint density at radius 3 is 2.58 bits per heavy atom. The number of carbonyl (C=O) groups excluding carboxylic acids is 1. The van der Waals surface area contributed by atoms with E-state index in [0.29, 0.717) is 5.82 Å². The van der Waals surface area contributed by atoms with Crippen molar-refractivity contribution in [1.82, 2.24) is 25.5 Å². The van der Waals surface area contributed by atoms with E-state index in [0.717, 1.165) is 0 Å². The van der Waals surface area contributed by atoms with Gasteiger partial charge in [-0.1, -0.05) is 20.8 Å². The van der Waals surface area contributed by atoms with Crippen LogP contribution in [0.4, 0.5) is 0 Å². The summed E-state index contributed by atoms with van der Waals surface area (Å²) in [5.41, 5.74) is -0.307. The molecule has 0 radical (unpaired) electrons. The fourth-order valence-corrected chi connectivity index (χ4v) is 1.72.